The summed E-state index contributed by atoms with van der Waals surface area (Å²) in [5.74, 6) is 3.35. The number of hydrogen-bond donors (Lipinski definition) is 2. The molecule has 0 radical (unpaired) electrons. The van der Waals surface area contributed by atoms with Gasteiger partial charge in [-0.2, -0.15) is 0 Å². The van der Waals surface area contributed by atoms with Crippen LogP contribution in [0.2, 0.25) is 0 Å². The Bertz CT molecular complexity index is 1030. The number of carbonyl (C=O) groups excluding carboxylic acids is 2. The summed E-state index contributed by atoms with van der Waals surface area (Å²) < 4.78 is 5.22. The Morgan fingerprint density at radius 1 is 1.03 bits per heavy atom. The van der Waals surface area contributed by atoms with Crippen molar-refractivity contribution in [3.05, 3.63) is 54.1 Å². The predicted octanol–water partition coefficient (Wildman–Crippen LogP) is 5.76. The minimum Gasteiger partial charge on any atom is -0.497 e. The summed E-state index contributed by atoms with van der Waals surface area (Å²) in [7, 11) is 1.60. The zero-order valence-electron chi connectivity index (χ0n) is 20.0. The Hall–Kier alpha value is -2.47. The normalized spacial score (nSPS) is 27.8. The van der Waals surface area contributed by atoms with E-state index in [0.29, 0.717) is 17.0 Å². The third-order valence-corrected chi connectivity index (χ3v) is 9.27. The topological polar surface area (TPSA) is 67.4 Å². The summed E-state index contributed by atoms with van der Waals surface area (Å²) in [5, 5.41) is 6.27. The van der Waals surface area contributed by atoms with Crippen molar-refractivity contribution in [2.75, 3.05) is 18.2 Å². The molecular formula is C28H34N2O3S. The van der Waals surface area contributed by atoms with Crippen molar-refractivity contribution in [2.45, 2.75) is 56.4 Å². The number of ether oxygens (including phenoxy) is 1. The van der Waals surface area contributed by atoms with Crippen LogP contribution in [0.1, 0.15) is 55.8 Å². The van der Waals surface area contributed by atoms with Gasteiger partial charge in [0.15, 0.2) is 0 Å². The summed E-state index contributed by atoms with van der Waals surface area (Å²) in [6.45, 7) is 2.21. The Morgan fingerprint density at radius 3 is 2.38 bits per heavy atom. The molecule has 34 heavy (non-hydrogen) atoms. The van der Waals surface area contributed by atoms with Gasteiger partial charge < -0.3 is 15.4 Å². The Labute approximate surface area is 206 Å². The maximum Gasteiger partial charge on any atom is 0.252 e. The highest BCUT2D eigenvalue weighted by Crippen LogP contribution is 2.61. The molecule has 0 heterocycles. The largest absolute Gasteiger partial charge is 0.497 e. The summed E-state index contributed by atoms with van der Waals surface area (Å²) in [5.41, 5.74) is 1.61. The summed E-state index contributed by atoms with van der Waals surface area (Å²) in [6, 6.07) is 15.1. The van der Waals surface area contributed by atoms with E-state index in [0.717, 1.165) is 22.6 Å². The molecule has 1 unspecified atom stereocenters. The van der Waals surface area contributed by atoms with Crippen LogP contribution in [-0.2, 0) is 4.79 Å². The zero-order valence-corrected chi connectivity index (χ0v) is 20.8. The third kappa shape index (κ3) is 4.83. The molecule has 2 aromatic carbocycles. The van der Waals surface area contributed by atoms with E-state index in [1.807, 2.05) is 42.5 Å². The molecule has 4 saturated carbocycles. The number of rotatable bonds is 8. The van der Waals surface area contributed by atoms with Crippen LogP contribution in [0.5, 0.6) is 5.75 Å². The van der Waals surface area contributed by atoms with Gasteiger partial charge in [-0.1, -0.05) is 18.2 Å². The smallest absolute Gasteiger partial charge is 0.252 e. The summed E-state index contributed by atoms with van der Waals surface area (Å²) >= 11 is 1.40. The van der Waals surface area contributed by atoms with Gasteiger partial charge in [-0.05, 0) is 92.9 Å². The molecule has 4 aliphatic carbocycles. The molecule has 6 rings (SSSR count). The number of thioether (sulfide) groups is 1. The first kappa shape index (κ1) is 23.3. The highest BCUT2D eigenvalue weighted by atomic mass is 32.2. The predicted molar refractivity (Wildman–Crippen MR) is 136 cm³/mol. The van der Waals surface area contributed by atoms with Crippen molar-refractivity contribution >= 4 is 29.3 Å². The van der Waals surface area contributed by atoms with Crippen LogP contribution in [0.25, 0.3) is 0 Å². The number of nitrogens with one attached hydrogen (secondary N) is 2. The molecule has 6 heteroatoms. The maximum atomic E-state index is 13.3. The van der Waals surface area contributed by atoms with Crippen molar-refractivity contribution in [1.29, 1.82) is 0 Å². The number of hydrogen-bond acceptors (Lipinski definition) is 4. The first-order valence-electron chi connectivity index (χ1n) is 12.4. The third-order valence-electron chi connectivity index (χ3n) is 8.20. The molecule has 0 aliphatic heterocycles. The lowest BCUT2D eigenvalue weighted by Crippen LogP contribution is -2.55. The maximum absolute atomic E-state index is 13.3. The number of benzene rings is 2. The highest BCUT2D eigenvalue weighted by Gasteiger charge is 2.53. The number of amides is 2. The Morgan fingerprint density at radius 2 is 1.71 bits per heavy atom. The fourth-order valence-electron chi connectivity index (χ4n) is 6.96. The molecule has 0 saturated heterocycles. The molecule has 0 spiro atoms. The van der Waals surface area contributed by atoms with Crippen molar-refractivity contribution < 1.29 is 14.3 Å². The van der Waals surface area contributed by atoms with Crippen molar-refractivity contribution in [2.24, 2.45) is 23.2 Å². The van der Waals surface area contributed by atoms with Gasteiger partial charge in [0.1, 0.15) is 5.75 Å². The Balaban J connectivity index is 1.21. The summed E-state index contributed by atoms with van der Waals surface area (Å²) in [6.07, 6.45) is 8.00. The van der Waals surface area contributed by atoms with Gasteiger partial charge in [-0.3, -0.25) is 9.59 Å². The molecule has 1 atom stereocenters. The van der Waals surface area contributed by atoms with E-state index in [1.54, 1.807) is 13.2 Å². The number of carbonyl (C=O) groups is 2. The molecule has 4 aliphatic rings. The molecule has 4 fully saturated rings. The minimum atomic E-state index is -0.115. The van der Waals surface area contributed by atoms with E-state index in [2.05, 4.69) is 17.6 Å². The van der Waals surface area contributed by atoms with Gasteiger partial charge in [0.25, 0.3) is 5.91 Å². The van der Waals surface area contributed by atoms with E-state index >= 15 is 0 Å². The first-order chi connectivity index (χ1) is 16.4. The molecule has 2 amide bonds. The lowest BCUT2D eigenvalue weighted by Gasteiger charge is -2.59. The molecule has 2 N–H and O–H groups in total. The van der Waals surface area contributed by atoms with Crippen LogP contribution < -0.4 is 15.4 Å². The fourth-order valence-corrected chi connectivity index (χ4v) is 7.81. The second-order valence-electron chi connectivity index (χ2n) is 10.5. The average Bonchev–Trinajstić information content (AvgIpc) is 2.82. The van der Waals surface area contributed by atoms with Crippen LogP contribution >= 0.6 is 11.8 Å². The van der Waals surface area contributed by atoms with E-state index in [-0.39, 0.29) is 29.0 Å². The molecule has 180 valence electrons. The fraction of sp³-hybridized carbons (Fsp3) is 0.500. The van der Waals surface area contributed by atoms with E-state index in [4.69, 9.17) is 4.74 Å². The van der Waals surface area contributed by atoms with Crippen LogP contribution in [0.3, 0.4) is 0 Å². The van der Waals surface area contributed by atoms with Crippen LogP contribution in [0.15, 0.2) is 53.4 Å². The molecule has 0 aromatic heterocycles. The van der Waals surface area contributed by atoms with Gasteiger partial charge in [-0.15, -0.1) is 11.8 Å². The van der Waals surface area contributed by atoms with E-state index < -0.39 is 0 Å². The van der Waals surface area contributed by atoms with Crippen molar-refractivity contribution in [1.82, 2.24) is 5.32 Å². The van der Waals surface area contributed by atoms with Crippen LogP contribution in [-0.4, -0.2) is 30.7 Å². The minimum absolute atomic E-state index is 0.0282. The molecule has 4 bridgehead atoms. The van der Waals surface area contributed by atoms with Gasteiger partial charge >= 0.3 is 0 Å². The Kier molecular flexibility index (Phi) is 6.61. The summed E-state index contributed by atoms with van der Waals surface area (Å²) in [4.78, 5) is 26.7. The standard InChI is InChI=1S/C28H34N2O3S/c1-18(28-14-19-10-20(15-28)12-21(11-19)16-28)29-27(32)24-8-3-4-9-25(24)34-17-26(31)30-22-6-5-7-23(13-22)33-2/h3-9,13,18-21H,10-12,14-17H2,1-2H3,(H,29,32)(H,30,31). The van der Waals surface area contributed by atoms with Gasteiger partial charge in [-0.25, -0.2) is 0 Å². The van der Waals surface area contributed by atoms with Crippen LogP contribution in [0, 0.1) is 23.2 Å². The zero-order chi connectivity index (χ0) is 23.7. The molecular weight excluding hydrogens is 444 g/mol. The SMILES string of the molecule is COc1cccc(NC(=O)CSc2ccccc2C(=O)NC(C)C23CC4CC(CC(C4)C2)C3)c1. The first-order valence-corrected chi connectivity index (χ1v) is 13.4. The second-order valence-corrected chi connectivity index (χ2v) is 11.6. The monoisotopic (exact) mass is 478 g/mol. The van der Waals surface area contributed by atoms with Gasteiger partial charge in [0.2, 0.25) is 5.91 Å². The molecule has 2 aromatic rings. The van der Waals surface area contributed by atoms with Crippen LogP contribution in [0.4, 0.5) is 5.69 Å². The van der Waals surface area contributed by atoms with Crippen molar-refractivity contribution in [3.8, 4) is 5.75 Å². The van der Waals surface area contributed by atoms with Crippen molar-refractivity contribution in [3.63, 3.8) is 0 Å². The van der Waals surface area contributed by atoms with E-state index in [1.165, 1.54) is 50.3 Å². The van der Waals surface area contributed by atoms with Gasteiger partial charge in [0.05, 0.1) is 18.4 Å². The second kappa shape index (κ2) is 9.65. The highest BCUT2D eigenvalue weighted by molar-refractivity contribution is 8.00. The quantitative estimate of drug-likeness (QED) is 0.473. The van der Waals surface area contributed by atoms with Gasteiger partial charge in [0, 0.05) is 22.7 Å². The van der Waals surface area contributed by atoms with E-state index in [9.17, 15) is 9.59 Å². The molecule has 5 nitrogen and oxygen atoms in total. The lowest BCUT2D eigenvalue weighted by atomic mass is 9.48. The average molecular weight is 479 g/mol. The number of anilines is 1. The number of methoxy groups -OCH3 is 1. The lowest BCUT2D eigenvalue weighted by molar-refractivity contribution is -0.113.